The van der Waals surface area contributed by atoms with Crippen LogP contribution in [0.4, 0.5) is 11.4 Å². The Morgan fingerprint density at radius 2 is 1.10 bits per heavy atom. The van der Waals surface area contributed by atoms with Crippen LogP contribution in [0, 0.1) is 0 Å². The zero-order valence-corrected chi connectivity index (χ0v) is 16.7. The van der Waals surface area contributed by atoms with Crippen molar-refractivity contribution in [3.8, 4) is 0 Å². The Hall–Kier alpha value is -3.80. The summed E-state index contributed by atoms with van der Waals surface area (Å²) in [6.45, 7) is 0.924. The molecule has 3 aromatic rings. The van der Waals surface area contributed by atoms with Crippen molar-refractivity contribution in [3.63, 3.8) is 0 Å². The van der Waals surface area contributed by atoms with Crippen LogP contribution in [-0.4, -0.2) is 24.9 Å². The minimum Gasteiger partial charge on any atom is -0.398 e. The van der Waals surface area contributed by atoms with E-state index in [1.165, 1.54) is 0 Å². The first-order valence-electron chi connectivity index (χ1n) is 9.88. The SMILES string of the molecule is Nc1cc(CCNC(=O)c2ccccc2)cc(N)c1CCNC(=O)c1ccccc1. The van der Waals surface area contributed by atoms with Gasteiger partial charge in [0.15, 0.2) is 0 Å². The van der Waals surface area contributed by atoms with Gasteiger partial charge in [0.05, 0.1) is 0 Å². The molecular weight excluding hydrogens is 376 g/mol. The number of nitrogens with two attached hydrogens (primary N) is 2. The van der Waals surface area contributed by atoms with E-state index < -0.39 is 0 Å². The third-order valence-corrected chi connectivity index (χ3v) is 4.81. The Morgan fingerprint density at radius 1 is 0.667 bits per heavy atom. The number of nitrogen functional groups attached to an aromatic ring is 2. The van der Waals surface area contributed by atoms with Gasteiger partial charge in [0.1, 0.15) is 0 Å². The summed E-state index contributed by atoms with van der Waals surface area (Å²) >= 11 is 0. The van der Waals surface area contributed by atoms with Crippen molar-refractivity contribution >= 4 is 23.2 Å². The normalized spacial score (nSPS) is 10.4. The second-order valence-corrected chi connectivity index (χ2v) is 7.00. The van der Waals surface area contributed by atoms with Gasteiger partial charge in [0.25, 0.3) is 11.8 Å². The first-order valence-corrected chi connectivity index (χ1v) is 9.88. The predicted octanol–water partition coefficient (Wildman–Crippen LogP) is 2.80. The van der Waals surface area contributed by atoms with Gasteiger partial charge in [-0.2, -0.15) is 0 Å². The number of hydrogen-bond acceptors (Lipinski definition) is 4. The molecule has 0 radical (unpaired) electrons. The van der Waals surface area contributed by atoms with Gasteiger partial charge in [0.2, 0.25) is 0 Å². The lowest BCUT2D eigenvalue weighted by atomic mass is 10.0. The highest BCUT2D eigenvalue weighted by Crippen LogP contribution is 2.23. The van der Waals surface area contributed by atoms with E-state index in [2.05, 4.69) is 10.6 Å². The third kappa shape index (κ3) is 5.61. The third-order valence-electron chi connectivity index (χ3n) is 4.81. The minimum atomic E-state index is -0.126. The van der Waals surface area contributed by atoms with E-state index in [-0.39, 0.29) is 11.8 Å². The van der Waals surface area contributed by atoms with Gasteiger partial charge in [-0.15, -0.1) is 0 Å². The summed E-state index contributed by atoms with van der Waals surface area (Å²) in [6, 6.07) is 21.9. The molecule has 0 aliphatic heterocycles. The van der Waals surface area contributed by atoms with Crippen molar-refractivity contribution in [1.82, 2.24) is 10.6 Å². The largest absolute Gasteiger partial charge is 0.398 e. The van der Waals surface area contributed by atoms with Crippen LogP contribution in [0.25, 0.3) is 0 Å². The Bertz CT molecular complexity index is 981. The fraction of sp³-hybridized carbons (Fsp3) is 0.167. The number of benzene rings is 3. The van der Waals surface area contributed by atoms with Crippen molar-refractivity contribution in [3.05, 3.63) is 95.1 Å². The van der Waals surface area contributed by atoms with Gasteiger partial charge >= 0.3 is 0 Å². The highest BCUT2D eigenvalue weighted by Gasteiger charge is 2.10. The van der Waals surface area contributed by atoms with Crippen LogP contribution in [0.15, 0.2) is 72.8 Å². The molecule has 0 atom stereocenters. The first-order chi connectivity index (χ1) is 14.5. The quantitative estimate of drug-likeness (QED) is 0.434. The fourth-order valence-corrected chi connectivity index (χ4v) is 3.22. The molecule has 6 nitrogen and oxygen atoms in total. The number of anilines is 2. The molecule has 0 fully saturated rings. The average molecular weight is 402 g/mol. The summed E-state index contributed by atoms with van der Waals surface area (Å²) in [7, 11) is 0. The lowest BCUT2D eigenvalue weighted by Gasteiger charge is -2.13. The molecule has 0 spiro atoms. The molecule has 6 heteroatoms. The van der Waals surface area contributed by atoms with Crippen LogP contribution in [-0.2, 0) is 12.8 Å². The second-order valence-electron chi connectivity index (χ2n) is 7.00. The number of rotatable bonds is 8. The molecule has 0 saturated carbocycles. The molecule has 0 aromatic heterocycles. The smallest absolute Gasteiger partial charge is 0.251 e. The molecule has 0 saturated heterocycles. The second kappa shape index (κ2) is 10.1. The maximum Gasteiger partial charge on any atom is 0.251 e. The number of amides is 2. The molecule has 0 heterocycles. The van der Waals surface area contributed by atoms with Gasteiger partial charge in [0, 0.05) is 35.6 Å². The number of hydrogen-bond donors (Lipinski definition) is 4. The number of carbonyl (C=O) groups excluding carboxylic acids is 2. The molecule has 0 unspecified atom stereocenters. The van der Waals surface area contributed by atoms with Gasteiger partial charge in [-0.05, 0) is 60.4 Å². The van der Waals surface area contributed by atoms with E-state index in [0.717, 1.165) is 11.1 Å². The monoisotopic (exact) mass is 402 g/mol. The Balaban J connectivity index is 1.51. The van der Waals surface area contributed by atoms with Crippen molar-refractivity contribution in [1.29, 1.82) is 0 Å². The van der Waals surface area contributed by atoms with Crippen molar-refractivity contribution < 1.29 is 9.59 Å². The van der Waals surface area contributed by atoms with E-state index >= 15 is 0 Å². The van der Waals surface area contributed by atoms with E-state index in [0.29, 0.717) is 48.4 Å². The van der Waals surface area contributed by atoms with E-state index in [4.69, 9.17) is 11.5 Å². The molecule has 6 N–H and O–H groups in total. The fourth-order valence-electron chi connectivity index (χ4n) is 3.22. The summed E-state index contributed by atoms with van der Waals surface area (Å²) in [4.78, 5) is 24.2. The van der Waals surface area contributed by atoms with Crippen LogP contribution >= 0.6 is 0 Å². The van der Waals surface area contributed by atoms with Gasteiger partial charge < -0.3 is 22.1 Å². The van der Waals surface area contributed by atoms with Crippen LogP contribution in [0.3, 0.4) is 0 Å². The molecule has 30 heavy (non-hydrogen) atoms. The zero-order chi connectivity index (χ0) is 21.3. The summed E-state index contributed by atoms with van der Waals surface area (Å²) in [6.07, 6.45) is 1.17. The summed E-state index contributed by atoms with van der Waals surface area (Å²) < 4.78 is 0. The Labute approximate surface area is 176 Å². The van der Waals surface area contributed by atoms with E-state index in [9.17, 15) is 9.59 Å². The zero-order valence-electron chi connectivity index (χ0n) is 16.7. The average Bonchev–Trinajstić information content (AvgIpc) is 2.76. The van der Waals surface area contributed by atoms with Crippen LogP contribution in [0.2, 0.25) is 0 Å². The summed E-state index contributed by atoms with van der Waals surface area (Å²) in [5.74, 6) is -0.235. The Kier molecular flexibility index (Phi) is 7.05. The van der Waals surface area contributed by atoms with E-state index in [1.54, 1.807) is 24.3 Å². The lowest BCUT2D eigenvalue weighted by molar-refractivity contribution is 0.0946. The Morgan fingerprint density at radius 3 is 1.57 bits per heavy atom. The van der Waals surface area contributed by atoms with Crippen molar-refractivity contribution in [2.24, 2.45) is 0 Å². The molecule has 154 valence electrons. The van der Waals surface area contributed by atoms with Crippen LogP contribution in [0.1, 0.15) is 31.8 Å². The van der Waals surface area contributed by atoms with E-state index in [1.807, 2.05) is 48.5 Å². The topological polar surface area (TPSA) is 110 Å². The maximum absolute atomic E-state index is 12.1. The highest BCUT2D eigenvalue weighted by atomic mass is 16.2. The van der Waals surface area contributed by atoms with Gasteiger partial charge in [-0.25, -0.2) is 0 Å². The van der Waals surface area contributed by atoms with Crippen LogP contribution in [0.5, 0.6) is 0 Å². The molecule has 3 aromatic carbocycles. The molecule has 2 amide bonds. The number of nitrogens with one attached hydrogen (secondary N) is 2. The molecule has 0 bridgehead atoms. The highest BCUT2D eigenvalue weighted by molar-refractivity contribution is 5.94. The lowest BCUT2D eigenvalue weighted by Crippen LogP contribution is -2.26. The summed E-state index contributed by atoms with van der Waals surface area (Å²) in [5.41, 5.74) is 16.6. The van der Waals surface area contributed by atoms with Crippen LogP contribution < -0.4 is 22.1 Å². The first kappa shape index (κ1) is 20.9. The predicted molar refractivity (Wildman–Crippen MR) is 120 cm³/mol. The maximum atomic E-state index is 12.1. The van der Waals surface area contributed by atoms with Gasteiger partial charge in [-0.1, -0.05) is 36.4 Å². The van der Waals surface area contributed by atoms with Crippen molar-refractivity contribution in [2.75, 3.05) is 24.6 Å². The van der Waals surface area contributed by atoms with Gasteiger partial charge in [-0.3, -0.25) is 9.59 Å². The molecular formula is C24H26N4O2. The van der Waals surface area contributed by atoms with Crippen molar-refractivity contribution in [2.45, 2.75) is 12.8 Å². The summed E-state index contributed by atoms with van der Waals surface area (Å²) in [5, 5.41) is 5.78. The molecule has 0 aliphatic carbocycles. The minimum absolute atomic E-state index is 0.109. The molecule has 0 aliphatic rings. The standard InChI is InChI=1S/C24H26N4O2/c25-21-15-17(11-13-27-23(29)18-7-3-1-4-8-18)16-22(26)20(21)12-14-28-24(30)19-9-5-2-6-10-19/h1-10,15-16H,11-14,25-26H2,(H,27,29)(H,28,30). The number of carbonyl (C=O) groups is 2. The molecule has 3 rings (SSSR count).